The molecule has 0 bridgehead atoms. The Balaban J connectivity index is 0.00000240. The van der Waals surface area contributed by atoms with Crippen LogP contribution in [-0.4, -0.2) is 48.3 Å². The zero-order valence-electron chi connectivity index (χ0n) is 16.1. The molecule has 158 valence electrons. The van der Waals surface area contributed by atoms with E-state index in [0.717, 1.165) is 12.8 Å². The predicted molar refractivity (Wildman–Crippen MR) is 113 cm³/mol. The number of aromatic nitrogens is 1. The smallest absolute Gasteiger partial charge is 0.320 e. The maximum absolute atomic E-state index is 13.9. The van der Waals surface area contributed by atoms with E-state index in [4.69, 9.17) is 5.41 Å². The summed E-state index contributed by atoms with van der Waals surface area (Å²) in [5.74, 6) is -0.784. The molecule has 1 aromatic carbocycles. The third kappa shape index (κ3) is 5.26. The van der Waals surface area contributed by atoms with Crippen molar-refractivity contribution in [2.75, 3.05) is 30.8 Å². The van der Waals surface area contributed by atoms with Gasteiger partial charge in [0.15, 0.2) is 0 Å². The number of anilines is 2. The van der Waals surface area contributed by atoms with Crippen LogP contribution in [0.1, 0.15) is 26.8 Å². The summed E-state index contributed by atoms with van der Waals surface area (Å²) in [5.41, 5.74) is 1.34. The van der Waals surface area contributed by atoms with Crippen molar-refractivity contribution in [3.63, 3.8) is 0 Å². The van der Waals surface area contributed by atoms with Crippen LogP contribution >= 0.6 is 0 Å². The Labute approximate surface area is 171 Å². The van der Waals surface area contributed by atoms with Crippen molar-refractivity contribution in [1.29, 1.82) is 5.41 Å². The molecule has 1 aromatic heterocycles. The molecule has 1 atom stereocenters. The van der Waals surface area contributed by atoms with Gasteiger partial charge in [0.05, 0.1) is 11.9 Å². The number of carbonyl (C=O) groups excluding carboxylic acids is 1. The number of piperidine rings is 1. The molecule has 2 aromatic rings. The molecular formula is C20H28F2N6O. The molecule has 1 aliphatic heterocycles. The van der Waals surface area contributed by atoms with E-state index in [1.807, 2.05) is 4.90 Å². The number of hydrogen-bond donors (Lipinski definition) is 4. The summed E-state index contributed by atoms with van der Waals surface area (Å²) in [6, 6.07) is 4.90. The summed E-state index contributed by atoms with van der Waals surface area (Å²) in [4.78, 5) is 18.4. The van der Waals surface area contributed by atoms with Crippen molar-refractivity contribution in [2.24, 2.45) is 0 Å². The summed E-state index contributed by atoms with van der Waals surface area (Å²) in [6.45, 7) is 1.37. The average molecular weight is 406 g/mol. The van der Waals surface area contributed by atoms with Gasteiger partial charge < -0.3 is 16.0 Å². The van der Waals surface area contributed by atoms with Crippen LogP contribution in [0, 0.1) is 17.0 Å². The molecule has 0 saturated carbocycles. The minimum absolute atomic E-state index is 0. The Bertz CT molecular complexity index is 882. The van der Waals surface area contributed by atoms with Gasteiger partial charge in [0.1, 0.15) is 17.5 Å². The van der Waals surface area contributed by atoms with Gasteiger partial charge in [0, 0.05) is 46.4 Å². The van der Waals surface area contributed by atoms with E-state index in [-0.39, 0.29) is 21.0 Å². The first kappa shape index (κ1) is 20.7. The number of nitrogens with zero attached hydrogens (tertiary/aromatic N) is 2. The van der Waals surface area contributed by atoms with Crippen molar-refractivity contribution in [3.05, 3.63) is 53.2 Å². The molecule has 1 aliphatic rings. The van der Waals surface area contributed by atoms with Crippen LogP contribution in [-0.2, 0) is 6.54 Å². The zero-order valence-corrected chi connectivity index (χ0v) is 16.1. The van der Waals surface area contributed by atoms with E-state index < -0.39 is 17.7 Å². The normalized spacial score (nSPS) is 16.9. The number of pyridine rings is 1. The van der Waals surface area contributed by atoms with Gasteiger partial charge in [-0.3, -0.25) is 10.2 Å². The van der Waals surface area contributed by atoms with Crippen LogP contribution in [0.15, 0.2) is 30.5 Å². The second-order valence-corrected chi connectivity index (χ2v) is 6.92. The fraction of sp³-hybridized carbons (Fsp3) is 0.350. The van der Waals surface area contributed by atoms with E-state index in [9.17, 15) is 13.6 Å². The number of hydrogen-bond acceptors (Lipinski definition) is 5. The standard InChI is InChI=1S/C20H24F2N6O.2H2/c1-24-18-10-25-19(8-13(18)9-23)27-20(29)26-14-4-3-7-28(11-14)12-15-16(21)5-2-6-17(15)22;;/h2,5-6,8-10,14,23-24H,3-4,7,11-12H2,1H3,(H2,25,26,27,29);2*1H. The second-order valence-electron chi connectivity index (χ2n) is 6.92. The van der Waals surface area contributed by atoms with Gasteiger partial charge in [0.25, 0.3) is 0 Å². The second kappa shape index (κ2) is 9.42. The average Bonchev–Trinajstić information content (AvgIpc) is 2.71. The summed E-state index contributed by atoms with van der Waals surface area (Å²) in [6.07, 6.45) is 4.31. The Morgan fingerprint density at radius 3 is 2.86 bits per heavy atom. The number of carbonyl (C=O) groups is 1. The largest absolute Gasteiger partial charge is 0.386 e. The first-order valence-corrected chi connectivity index (χ1v) is 9.41. The minimum atomic E-state index is -0.559. The lowest BCUT2D eigenvalue weighted by Crippen LogP contribution is -2.48. The van der Waals surface area contributed by atoms with Crippen LogP contribution in [0.3, 0.4) is 0 Å². The number of rotatable bonds is 6. The van der Waals surface area contributed by atoms with E-state index in [2.05, 4.69) is 20.9 Å². The molecule has 0 aliphatic carbocycles. The Hall–Kier alpha value is -3.07. The summed E-state index contributed by atoms with van der Waals surface area (Å²) in [7, 11) is 1.73. The predicted octanol–water partition coefficient (Wildman–Crippen LogP) is 3.68. The number of nitrogens with one attached hydrogen (secondary N) is 4. The minimum Gasteiger partial charge on any atom is -0.386 e. The highest BCUT2D eigenvalue weighted by Crippen LogP contribution is 2.19. The first-order chi connectivity index (χ1) is 14.0. The van der Waals surface area contributed by atoms with Gasteiger partial charge in [-0.2, -0.15) is 0 Å². The molecule has 0 radical (unpaired) electrons. The molecule has 2 amide bonds. The van der Waals surface area contributed by atoms with E-state index in [1.54, 1.807) is 19.3 Å². The van der Waals surface area contributed by atoms with Crippen molar-refractivity contribution < 1.29 is 16.4 Å². The van der Waals surface area contributed by atoms with Gasteiger partial charge in [-0.1, -0.05) is 6.07 Å². The van der Waals surface area contributed by atoms with Gasteiger partial charge in [0.2, 0.25) is 0 Å². The molecular weight excluding hydrogens is 378 g/mol. The monoisotopic (exact) mass is 406 g/mol. The van der Waals surface area contributed by atoms with Crippen molar-refractivity contribution in [1.82, 2.24) is 15.2 Å². The van der Waals surface area contributed by atoms with Gasteiger partial charge in [-0.25, -0.2) is 18.6 Å². The number of urea groups is 1. The molecule has 9 heteroatoms. The number of amides is 2. The molecule has 3 rings (SSSR count). The van der Waals surface area contributed by atoms with Crippen molar-refractivity contribution in [3.8, 4) is 0 Å². The fourth-order valence-corrected chi connectivity index (χ4v) is 3.43. The van der Waals surface area contributed by atoms with Gasteiger partial charge in [-0.05, 0) is 37.6 Å². The lowest BCUT2D eigenvalue weighted by molar-refractivity contribution is 0.180. The zero-order chi connectivity index (χ0) is 20.8. The molecule has 1 saturated heterocycles. The Morgan fingerprint density at radius 2 is 2.17 bits per heavy atom. The Kier molecular flexibility index (Phi) is 6.71. The van der Waals surface area contributed by atoms with E-state index in [0.29, 0.717) is 30.2 Å². The maximum atomic E-state index is 13.9. The lowest BCUT2D eigenvalue weighted by Gasteiger charge is -2.33. The Morgan fingerprint density at radius 1 is 1.41 bits per heavy atom. The van der Waals surface area contributed by atoms with Gasteiger partial charge in [-0.15, -0.1) is 0 Å². The number of halogens is 2. The quantitative estimate of drug-likeness (QED) is 0.551. The molecule has 0 spiro atoms. The number of benzene rings is 1. The summed E-state index contributed by atoms with van der Waals surface area (Å²) >= 11 is 0. The molecule has 2 heterocycles. The van der Waals surface area contributed by atoms with Crippen LogP contribution in [0.25, 0.3) is 0 Å². The molecule has 1 unspecified atom stereocenters. The SMILES string of the molecule is CNc1cnc(NC(=O)NC2CCCN(Cc3c(F)cccc3F)C2)cc1C=N.[HH].[HH]. The topological polar surface area (TPSA) is 93.1 Å². The number of likely N-dealkylation sites (tertiary alicyclic amines) is 1. The fourth-order valence-electron chi connectivity index (χ4n) is 3.43. The highest BCUT2D eigenvalue weighted by Gasteiger charge is 2.23. The van der Waals surface area contributed by atoms with Crippen LogP contribution < -0.4 is 16.0 Å². The summed E-state index contributed by atoms with van der Waals surface area (Å²) < 4.78 is 27.8. The highest BCUT2D eigenvalue weighted by molar-refractivity contribution is 5.91. The van der Waals surface area contributed by atoms with E-state index in [1.165, 1.54) is 24.4 Å². The van der Waals surface area contributed by atoms with E-state index >= 15 is 0 Å². The molecule has 4 N–H and O–H groups in total. The van der Waals surface area contributed by atoms with Gasteiger partial charge >= 0.3 is 6.03 Å². The first-order valence-electron chi connectivity index (χ1n) is 9.41. The third-order valence-corrected chi connectivity index (χ3v) is 4.89. The van der Waals surface area contributed by atoms with Crippen molar-refractivity contribution in [2.45, 2.75) is 25.4 Å². The molecule has 7 nitrogen and oxygen atoms in total. The van der Waals surface area contributed by atoms with Crippen molar-refractivity contribution >= 4 is 23.8 Å². The molecule has 29 heavy (non-hydrogen) atoms. The van der Waals surface area contributed by atoms with Crippen LogP contribution in [0.2, 0.25) is 0 Å². The lowest BCUT2D eigenvalue weighted by atomic mass is 10.0. The van der Waals surface area contributed by atoms with Crippen LogP contribution in [0.5, 0.6) is 0 Å². The summed E-state index contributed by atoms with van der Waals surface area (Å²) in [5, 5.41) is 15.9. The molecule has 1 fully saturated rings. The maximum Gasteiger partial charge on any atom is 0.320 e. The van der Waals surface area contributed by atoms with Crippen LogP contribution in [0.4, 0.5) is 25.1 Å². The third-order valence-electron chi connectivity index (χ3n) is 4.89. The highest BCUT2D eigenvalue weighted by atomic mass is 19.1.